The molecule has 0 atom stereocenters. The first-order valence-corrected chi connectivity index (χ1v) is 7.28. The van der Waals surface area contributed by atoms with Crippen LogP contribution in [0.2, 0.25) is 0 Å². The lowest BCUT2D eigenvalue weighted by molar-refractivity contribution is -0.114. The fraction of sp³-hybridized carbons (Fsp3) is 0.500. The summed E-state index contributed by atoms with van der Waals surface area (Å²) in [6.07, 6.45) is 4.38. The molecule has 0 saturated carbocycles. The van der Waals surface area contributed by atoms with Crippen molar-refractivity contribution in [3.8, 4) is 0 Å². The maximum Gasteiger partial charge on any atom is 0.221 e. The molecule has 4 heteroatoms. The molecule has 1 aliphatic heterocycles. The Morgan fingerprint density at radius 1 is 1.10 bits per heavy atom. The van der Waals surface area contributed by atoms with Gasteiger partial charge in [-0.05, 0) is 50.2 Å². The summed E-state index contributed by atoms with van der Waals surface area (Å²) in [6.45, 7) is 4.56. The average molecular weight is 274 g/mol. The van der Waals surface area contributed by atoms with E-state index in [0.29, 0.717) is 6.42 Å². The molecule has 0 bridgehead atoms. The van der Waals surface area contributed by atoms with Crippen molar-refractivity contribution in [3.05, 3.63) is 29.8 Å². The normalized spacial score (nSPS) is 15.8. The standard InChI is InChI=1S/C16H22N2O2/c1-13(19)17-15-7-5-14(6-8-15)16(20)9-12-18-10-3-2-4-11-18/h5-8H,2-4,9-12H2,1H3,(H,17,19). The van der Waals surface area contributed by atoms with Gasteiger partial charge in [0.05, 0.1) is 0 Å². The molecule has 1 heterocycles. The van der Waals surface area contributed by atoms with Crippen LogP contribution < -0.4 is 5.32 Å². The molecule has 108 valence electrons. The number of nitrogens with zero attached hydrogens (tertiary/aromatic N) is 1. The fourth-order valence-electron chi connectivity index (χ4n) is 2.53. The quantitative estimate of drug-likeness (QED) is 0.840. The van der Waals surface area contributed by atoms with Crippen LogP contribution in [-0.4, -0.2) is 36.2 Å². The van der Waals surface area contributed by atoms with Gasteiger partial charge in [0.2, 0.25) is 5.91 Å². The minimum atomic E-state index is -0.103. The van der Waals surface area contributed by atoms with Crippen molar-refractivity contribution in [1.29, 1.82) is 0 Å². The van der Waals surface area contributed by atoms with E-state index < -0.39 is 0 Å². The molecule has 1 saturated heterocycles. The van der Waals surface area contributed by atoms with Crippen molar-refractivity contribution >= 4 is 17.4 Å². The number of Topliss-reactive ketones (excluding diaryl/α,β-unsaturated/α-hetero) is 1. The Morgan fingerprint density at radius 2 is 1.75 bits per heavy atom. The van der Waals surface area contributed by atoms with E-state index in [1.807, 2.05) is 0 Å². The summed E-state index contributed by atoms with van der Waals surface area (Å²) in [5.41, 5.74) is 1.45. The molecule has 4 nitrogen and oxygen atoms in total. The zero-order valence-corrected chi connectivity index (χ0v) is 12.0. The van der Waals surface area contributed by atoms with Gasteiger partial charge in [-0.2, -0.15) is 0 Å². The molecule has 0 radical (unpaired) electrons. The number of amides is 1. The van der Waals surface area contributed by atoms with Gasteiger partial charge in [-0.15, -0.1) is 0 Å². The molecule has 0 aliphatic carbocycles. The third-order valence-electron chi connectivity index (χ3n) is 3.63. The molecule has 2 rings (SSSR count). The maximum atomic E-state index is 12.1. The largest absolute Gasteiger partial charge is 0.326 e. The summed E-state index contributed by atoms with van der Waals surface area (Å²) in [7, 11) is 0. The van der Waals surface area contributed by atoms with Crippen molar-refractivity contribution < 1.29 is 9.59 Å². The molecule has 1 aliphatic rings. The van der Waals surface area contributed by atoms with E-state index in [1.165, 1.54) is 26.2 Å². The highest BCUT2D eigenvalue weighted by Crippen LogP contribution is 2.13. The third kappa shape index (κ3) is 4.46. The first-order valence-electron chi connectivity index (χ1n) is 7.28. The fourth-order valence-corrected chi connectivity index (χ4v) is 2.53. The highest BCUT2D eigenvalue weighted by atomic mass is 16.1. The predicted molar refractivity (Wildman–Crippen MR) is 80.0 cm³/mol. The molecule has 0 aromatic heterocycles. The number of ketones is 1. The first kappa shape index (κ1) is 14.7. The number of anilines is 1. The summed E-state index contributed by atoms with van der Waals surface area (Å²) >= 11 is 0. The van der Waals surface area contributed by atoms with E-state index in [0.717, 1.165) is 30.9 Å². The molecule has 0 unspecified atom stereocenters. The monoisotopic (exact) mass is 274 g/mol. The molecule has 1 aromatic carbocycles. The van der Waals surface area contributed by atoms with Gasteiger partial charge >= 0.3 is 0 Å². The number of hydrogen-bond donors (Lipinski definition) is 1. The second-order valence-electron chi connectivity index (χ2n) is 5.33. The van der Waals surface area contributed by atoms with E-state index in [9.17, 15) is 9.59 Å². The third-order valence-corrected chi connectivity index (χ3v) is 3.63. The zero-order chi connectivity index (χ0) is 14.4. The predicted octanol–water partition coefficient (Wildman–Crippen LogP) is 2.70. The second-order valence-corrected chi connectivity index (χ2v) is 5.33. The lowest BCUT2D eigenvalue weighted by atomic mass is 10.1. The van der Waals surface area contributed by atoms with Crippen LogP contribution in [0.25, 0.3) is 0 Å². The van der Waals surface area contributed by atoms with E-state index in [2.05, 4.69) is 10.2 Å². The van der Waals surface area contributed by atoms with Gasteiger partial charge in [-0.25, -0.2) is 0 Å². The van der Waals surface area contributed by atoms with Crippen LogP contribution in [0.1, 0.15) is 43.0 Å². The number of likely N-dealkylation sites (tertiary alicyclic amines) is 1. The highest BCUT2D eigenvalue weighted by molar-refractivity contribution is 5.97. The number of piperidine rings is 1. The molecular formula is C16H22N2O2. The summed E-state index contributed by atoms with van der Waals surface area (Å²) < 4.78 is 0. The number of nitrogens with one attached hydrogen (secondary N) is 1. The van der Waals surface area contributed by atoms with E-state index in [-0.39, 0.29) is 11.7 Å². The zero-order valence-electron chi connectivity index (χ0n) is 12.0. The van der Waals surface area contributed by atoms with Gasteiger partial charge < -0.3 is 10.2 Å². The van der Waals surface area contributed by atoms with E-state index in [1.54, 1.807) is 24.3 Å². The van der Waals surface area contributed by atoms with E-state index >= 15 is 0 Å². The Kier molecular flexibility index (Phi) is 5.30. The molecule has 20 heavy (non-hydrogen) atoms. The summed E-state index contributed by atoms with van der Waals surface area (Å²) in [5.74, 6) is 0.0686. The molecule has 1 fully saturated rings. The summed E-state index contributed by atoms with van der Waals surface area (Å²) in [4.78, 5) is 25.4. The Hall–Kier alpha value is -1.68. The smallest absolute Gasteiger partial charge is 0.221 e. The number of rotatable bonds is 5. The van der Waals surface area contributed by atoms with Crippen molar-refractivity contribution in [2.24, 2.45) is 0 Å². The van der Waals surface area contributed by atoms with Crippen LogP contribution in [-0.2, 0) is 4.79 Å². The highest BCUT2D eigenvalue weighted by Gasteiger charge is 2.12. The Balaban J connectivity index is 1.83. The van der Waals surface area contributed by atoms with Gasteiger partial charge in [0.15, 0.2) is 5.78 Å². The van der Waals surface area contributed by atoms with Gasteiger partial charge in [-0.3, -0.25) is 9.59 Å². The average Bonchev–Trinajstić information content (AvgIpc) is 2.46. The van der Waals surface area contributed by atoms with Crippen molar-refractivity contribution in [2.45, 2.75) is 32.6 Å². The van der Waals surface area contributed by atoms with E-state index in [4.69, 9.17) is 0 Å². The number of carbonyl (C=O) groups excluding carboxylic acids is 2. The minimum absolute atomic E-state index is 0.103. The van der Waals surface area contributed by atoms with Crippen molar-refractivity contribution in [3.63, 3.8) is 0 Å². The second kappa shape index (κ2) is 7.20. The van der Waals surface area contributed by atoms with Gasteiger partial charge in [0.1, 0.15) is 0 Å². The van der Waals surface area contributed by atoms with Gasteiger partial charge in [0, 0.05) is 31.1 Å². The number of hydrogen-bond acceptors (Lipinski definition) is 3. The van der Waals surface area contributed by atoms with Crippen LogP contribution in [0, 0.1) is 0 Å². The Bertz CT molecular complexity index is 462. The Labute approximate surface area is 120 Å². The summed E-state index contributed by atoms with van der Waals surface area (Å²) in [6, 6.07) is 7.11. The van der Waals surface area contributed by atoms with Crippen LogP contribution in [0.15, 0.2) is 24.3 Å². The first-order chi connectivity index (χ1) is 9.65. The summed E-state index contributed by atoms with van der Waals surface area (Å²) in [5, 5.41) is 2.70. The van der Waals surface area contributed by atoms with Crippen LogP contribution in [0.3, 0.4) is 0 Å². The van der Waals surface area contributed by atoms with Crippen molar-refractivity contribution in [2.75, 3.05) is 25.0 Å². The van der Waals surface area contributed by atoms with Crippen LogP contribution >= 0.6 is 0 Å². The molecule has 1 aromatic rings. The van der Waals surface area contributed by atoms with Crippen LogP contribution in [0.4, 0.5) is 5.69 Å². The van der Waals surface area contributed by atoms with Crippen molar-refractivity contribution in [1.82, 2.24) is 4.90 Å². The lowest BCUT2D eigenvalue weighted by Gasteiger charge is -2.25. The topological polar surface area (TPSA) is 49.4 Å². The molecule has 1 N–H and O–H groups in total. The minimum Gasteiger partial charge on any atom is -0.326 e. The van der Waals surface area contributed by atoms with Gasteiger partial charge in [0.25, 0.3) is 0 Å². The molecule has 0 spiro atoms. The number of benzene rings is 1. The van der Waals surface area contributed by atoms with Crippen LogP contribution in [0.5, 0.6) is 0 Å². The Morgan fingerprint density at radius 3 is 2.35 bits per heavy atom. The lowest BCUT2D eigenvalue weighted by Crippen LogP contribution is -2.31. The molecular weight excluding hydrogens is 252 g/mol. The SMILES string of the molecule is CC(=O)Nc1ccc(C(=O)CCN2CCCCC2)cc1. The maximum absolute atomic E-state index is 12.1. The molecule has 1 amide bonds. The van der Waals surface area contributed by atoms with Gasteiger partial charge in [-0.1, -0.05) is 6.42 Å². The number of carbonyl (C=O) groups is 2.